The van der Waals surface area contributed by atoms with E-state index in [1.165, 1.54) is 5.56 Å². The summed E-state index contributed by atoms with van der Waals surface area (Å²) in [6.45, 7) is 19.6. The van der Waals surface area contributed by atoms with E-state index in [9.17, 15) is 0 Å². The van der Waals surface area contributed by atoms with E-state index in [1.54, 1.807) is 7.11 Å². The van der Waals surface area contributed by atoms with Crippen LogP contribution in [0.3, 0.4) is 0 Å². The van der Waals surface area contributed by atoms with Crippen molar-refractivity contribution in [3.8, 4) is 5.75 Å². The second-order valence-corrected chi connectivity index (χ2v) is 11.9. The molecule has 0 radical (unpaired) electrons. The minimum atomic E-state index is -1.61. The summed E-state index contributed by atoms with van der Waals surface area (Å²) in [4.78, 5) is 0. The summed E-state index contributed by atoms with van der Waals surface area (Å²) in [7, 11) is 0.0971. The Hall–Kier alpha value is -1.90. The van der Waals surface area contributed by atoms with Gasteiger partial charge in [0.1, 0.15) is 16.9 Å². The van der Waals surface area contributed by atoms with Crippen molar-refractivity contribution < 1.29 is 17.7 Å². The summed E-state index contributed by atoms with van der Waals surface area (Å²) in [6, 6.07) is 8.55. The van der Waals surface area contributed by atoms with Crippen LogP contribution in [0.15, 0.2) is 32.7 Å². The average molecular weight is 459 g/mol. The standard InChI is InChI=1S/C27H39O4P/c1-11-12-18(3)29-32-30-24-20(13-17(2)14-22(24)26(4,5)6)21-15-19(28-10)16-23(25(21)31-32)27(7,8)9/h13-16,18H,11-12H2,1-10H3/t18-,32?/m1/s1. The molecule has 2 aromatic carbocycles. The minimum absolute atomic E-state index is 0.0518. The molecule has 0 fully saturated rings. The first-order chi connectivity index (χ1) is 14.8. The zero-order valence-electron chi connectivity index (χ0n) is 21.4. The molecule has 3 aromatic rings. The number of rotatable bonds is 5. The number of benzene rings is 2. The van der Waals surface area contributed by atoms with Gasteiger partial charge in [-0.05, 0) is 54.9 Å². The Balaban J connectivity index is 2.57. The van der Waals surface area contributed by atoms with E-state index in [-0.39, 0.29) is 16.9 Å². The molecule has 0 aliphatic rings. The van der Waals surface area contributed by atoms with Gasteiger partial charge in [-0.2, -0.15) is 0 Å². The smallest absolute Gasteiger partial charge is 0.387 e. The maximum Gasteiger partial charge on any atom is 0.387 e. The van der Waals surface area contributed by atoms with Gasteiger partial charge in [-0.1, -0.05) is 61.0 Å². The molecule has 0 aliphatic heterocycles. The summed E-state index contributed by atoms with van der Waals surface area (Å²) in [5.41, 5.74) is 4.87. The highest BCUT2D eigenvalue weighted by molar-refractivity contribution is 7.31. The lowest BCUT2D eigenvalue weighted by atomic mass is 9.83. The van der Waals surface area contributed by atoms with E-state index < -0.39 is 8.24 Å². The highest BCUT2D eigenvalue weighted by Gasteiger charge is 2.25. The molecule has 1 heterocycles. The first-order valence-electron chi connectivity index (χ1n) is 11.6. The van der Waals surface area contributed by atoms with Crippen LogP contribution < -0.4 is 9.26 Å². The van der Waals surface area contributed by atoms with Crippen LogP contribution in [0.2, 0.25) is 0 Å². The predicted octanol–water partition coefficient (Wildman–Crippen LogP) is 8.82. The van der Waals surface area contributed by atoms with Crippen LogP contribution in [-0.2, 0) is 10.8 Å². The molecule has 176 valence electrons. The Morgan fingerprint density at radius 3 is 1.91 bits per heavy atom. The largest absolute Gasteiger partial charge is 0.497 e. The second-order valence-electron chi connectivity index (χ2n) is 10.9. The first kappa shape index (κ1) is 24.7. The molecule has 1 unspecified atom stereocenters. The molecular formula is C27H39O4P. The highest BCUT2D eigenvalue weighted by atomic mass is 31.1. The summed E-state index contributed by atoms with van der Waals surface area (Å²) >= 11 is 0. The molecule has 0 bridgehead atoms. The number of methoxy groups -OCH3 is 1. The third-order valence-electron chi connectivity index (χ3n) is 5.73. The van der Waals surface area contributed by atoms with Gasteiger partial charge in [0.2, 0.25) is 0 Å². The quantitative estimate of drug-likeness (QED) is 0.383. The van der Waals surface area contributed by atoms with E-state index in [2.05, 4.69) is 86.6 Å². The van der Waals surface area contributed by atoms with Crippen LogP contribution in [0.4, 0.5) is 0 Å². The van der Waals surface area contributed by atoms with Crippen LogP contribution in [-0.4, -0.2) is 13.2 Å². The normalized spacial score (nSPS) is 14.1. The van der Waals surface area contributed by atoms with Gasteiger partial charge in [-0.3, -0.25) is 4.52 Å². The number of aryl methyl sites for hydroxylation is 1. The van der Waals surface area contributed by atoms with Crippen LogP contribution >= 0.6 is 8.24 Å². The van der Waals surface area contributed by atoms with Crippen LogP contribution in [0, 0.1) is 6.92 Å². The van der Waals surface area contributed by atoms with Crippen molar-refractivity contribution in [3.05, 3.63) is 41.0 Å². The summed E-state index contributed by atoms with van der Waals surface area (Å²) in [5, 5.41) is 2.03. The van der Waals surface area contributed by atoms with Gasteiger partial charge in [-0.15, -0.1) is 0 Å². The molecular weight excluding hydrogens is 419 g/mol. The van der Waals surface area contributed by atoms with Gasteiger partial charge in [-0.25, -0.2) is 0 Å². The van der Waals surface area contributed by atoms with E-state index >= 15 is 0 Å². The topological polar surface area (TPSA) is 44.7 Å². The van der Waals surface area contributed by atoms with Gasteiger partial charge in [0.05, 0.1) is 13.2 Å². The third-order valence-corrected chi connectivity index (χ3v) is 6.93. The Bertz CT molecular complexity index is 1150. The van der Waals surface area contributed by atoms with E-state index in [0.717, 1.165) is 51.7 Å². The molecule has 0 amide bonds. The number of ether oxygens (including phenoxy) is 1. The van der Waals surface area contributed by atoms with Crippen molar-refractivity contribution in [2.45, 2.75) is 92.1 Å². The SMILES string of the molecule is CCC[C@@H](C)Op1oc2c(C(C)(C)C)cc(C)cc2c2cc(OC)cc(C(C)(C)C)c2o1. The lowest BCUT2D eigenvalue weighted by Gasteiger charge is -2.21. The van der Waals surface area contributed by atoms with Crippen molar-refractivity contribution in [1.82, 2.24) is 0 Å². The van der Waals surface area contributed by atoms with Crippen molar-refractivity contribution in [3.63, 3.8) is 0 Å². The fraction of sp³-hybridized carbons (Fsp3) is 0.556. The third kappa shape index (κ3) is 5.18. The Morgan fingerprint density at radius 1 is 0.875 bits per heavy atom. The van der Waals surface area contributed by atoms with Gasteiger partial charge < -0.3 is 13.1 Å². The number of hydrogen-bond donors (Lipinski definition) is 0. The highest BCUT2D eigenvalue weighted by Crippen LogP contribution is 2.43. The zero-order valence-corrected chi connectivity index (χ0v) is 22.3. The molecule has 0 aliphatic carbocycles. The lowest BCUT2D eigenvalue weighted by molar-refractivity contribution is 0.264. The van der Waals surface area contributed by atoms with Crippen molar-refractivity contribution in [2.24, 2.45) is 0 Å². The molecule has 5 heteroatoms. The zero-order chi connectivity index (χ0) is 23.8. The van der Waals surface area contributed by atoms with Crippen molar-refractivity contribution >= 4 is 30.2 Å². The summed E-state index contributed by atoms with van der Waals surface area (Å²) < 4.78 is 25.2. The molecule has 4 nitrogen and oxygen atoms in total. The van der Waals surface area contributed by atoms with E-state index in [1.807, 2.05) is 0 Å². The molecule has 0 saturated carbocycles. The molecule has 0 spiro atoms. The van der Waals surface area contributed by atoms with Gasteiger partial charge in [0.25, 0.3) is 0 Å². The van der Waals surface area contributed by atoms with Gasteiger partial charge in [0, 0.05) is 21.9 Å². The van der Waals surface area contributed by atoms with Gasteiger partial charge in [0.15, 0.2) is 0 Å². The second kappa shape index (κ2) is 9.15. The minimum Gasteiger partial charge on any atom is -0.497 e. The van der Waals surface area contributed by atoms with Crippen LogP contribution in [0.1, 0.15) is 84.9 Å². The fourth-order valence-corrected chi connectivity index (χ4v) is 5.24. The fourth-order valence-electron chi connectivity index (χ4n) is 4.02. The van der Waals surface area contributed by atoms with Crippen LogP contribution in [0.25, 0.3) is 21.9 Å². The van der Waals surface area contributed by atoms with Crippen molar-refractivity contribution in [1.29, 1.82) is 0 Å². The van der Waals surface area contributed by atoms with Crippen molar-refractivity contribution in [2.75, 3.05) is 7.11 Å². The summed E-state index contributed by atoms with van der Waals surface area (Å²) in [6.07, 6.45) is 2.06. The number of hydrogen-bond acceptors (Lipinski definition) is 4. The Kier molecular flexibility index (Phi) is 7.08. The molecule has 3 rings (SSSR count). The first-order valence-corrected chi connectivity index (χ1v) is 12.7. The maximum atomic E-state index is 6.59. The summed E-state index contributed by atoms with van der Waals surface area (Å²) in [5.74, 6) is 0.813. The monoisotopic (exact) mass is 458 g/mol. The molecule has 1 aromatic heterocycles. The molecule has 0 saturated heterocycles. The van der Waals surface area contributed by atoms with Crippen LogP contribution in [0.5, 0.6) is 5.75 Å². The maximum absolute atomic E-state index is 6.59. The predicted molar refractivity (Wildman–Crippen MR) is 136 cm³/mol. The lowest BCUT2D eigenvalue weighted by Crippen LogP contribution is -2.12. The molecule has 2 atom stereocenters. The van der Waals surface area contributed by atoms with Gasteiger partial charge >= 0.3 is 8.24 Å². The Morgan fingerprint density at radius 2 is 1.41 bits per heavy atom. The molecule has 0 N–H and O–H groups in total. The Labute approximate surface area is 193 Å². The van der Waals surface area contributed by atoms with E-state index in [0.29, 0.717) is 0 Å². The number of fused-ring (bicyclic) bond motifs is 3. The van der Waals surface area contributed by atoms with E-state index in [4.69, 9.17) is 17.7 Å². The average Bonchev–Trinajstić information content (AvgIpc) is 2.81. The molecule has 32 heavy (non-hydrogen) atoms.